The summed E-state index contributed by atoms with van der Waals surface area (Å²) in [7, 11) is 0. The van der Waals surface area contributed by atoms with Crippen LogP contribution in [0.1, 0.15) is 49.0 Å². The molecule has 0 saturated heterocycles. The normalized spacial score (nSPS) is 11.0. The zero-order chi connectivity index (χ0) is 14.7. The molecular weight excluding hydrogens is 252 g/mol. The highest BCUT2D eigenvalue weighted by Crippen LogP contribution is 2.31. The third-order valence-corrected chi connectivity index (χ3v) is 3.32. The third-order valence-electron chi connectivity index (χ3n) is 3.32. The predicted molar refractivity (Wildman–Crippen MR) is 80.8 cm³/mol. The highest BCUT2D eigenvalue weighted by molar-refractivity contribution is 5.97. The molecular formula is C17H20O3. The molecule has 20 heavy (non-hydrogen) atoms. The van der Waals surface area contributed by atoms with Crippen LogP contribution in [0.15, 0.2) is 30.3 Å². The monoisotopic (exact) mass is 272 g/mol. The van der Waals surface area contributed by atoms with Gasteiger partial charge in [0.2, 0.25) is 0 Å². The van der Waals surface area contributed by atoms with Gasteiger partial charge in [-0.05, 0) is 41.5 Å². The Balaban J connectivity index is 2.61. The summed E-state index contributed by atoms with van der Waals surface area (Å²) in [6.45, 7) is 6.89. The lowest BCUT2D eigenvalue weighted by Gasteiger charge is -2.13. The Morgan fingerprint density at radius 1 is 1.25 bits per heavy atom. The van der Waals surface area contributed by atoms with Gasteiger partial charge in [0.05, 0.1) is 12.2 Å². The molecule has 0 aliphatic rings. The zero-order valence-corrected chi connectivity index (χ0v) is 12.1. The summed E-state index contributed by atoms with van der Waals surface area (Å²) >= 11 is 0. The van der Waals surface area contributed by atoms with Crippen LogP contribution in [0, 0.1) is 0 Å². The fourth-order valence-corrected chi connectivity index (χ4v) is 2.16. The molecule has 0 aliphatic heterocycles. The molecule has 0 saturated carbocycles. The lowest BCUT2D eigenvalue weighted by atomic mass is 9.97. The van der Waals surface area contributed by atoms with Crippen LogP contribution in [0.4, 0.5) is 0 Å². The quantitative estimate of drug-likeness (QED) is 0.874. The van der Waals surface area contributed by atoms with E-state index in [1.165, 1.54) is 5.56 Å². The van der Waals surface area contributed by atoms with Gasteiger partial charge in [0.25, 0.3) is 0 Å². The van der Waals surface area contributed by atoms with Gasteiger partial charge in [-0.25, -0.2) is 4.79 Å². The molecule has 1 N–H and O–H groups in total. The second-order valence-electron chi connectivity index (χ2n) is 5.26. The highest BCUT2D eigenvalue weighted by Gasteiger charge is 2.11. The molecule has 0 unspecified atom stereocenters. The molecule has 2 aromatic rings. The number of carbonyl (C=O) groups is 1. The minimum atomic E-state index is -0.929. The number of rotatable bonds is 5. The van der Waals surface area contributed by atoms with Crippen LogP contribution >= 0.6 is 0 Å². The Morgan fingerprint density at radius 3 is 2.60 bits per heavy atom. The average molecular weight is 272 g/mol. The van der Waals surface area contributed by atoms with Crippen molar-refractivity contribution in [2.75, 3.05) is 6.61 Å². The number of carboxylic acids is 1. The first-order chi connectivity index (χ1) is 9.52. The van der Waals surface area contributed by atoms with Crippen molar-refractivity contribution in [2.24, 2.45) is 0 Å². The highest BCUT2D eigenvalue weighted by atomic mass is 16.5. The Labute approximate surface area is 119 Å². The fraction of sp³-hybridized carbons (Fsp3) is 0.353. The van der Waals surface area contributed by atoms with Gasteiger partial charge in [-0.1, -0.05) is 32.9 Å². The Bertz CT molecular complexity index is 629. The first-order valence-corrected chi connectivity index (χ1v) is 6.96. The molecule has 0 spiro atoms. The maximum Gasteiger partial charge on any atom is 0.335 e. The summed E-state index contributed by atoms with van der Waals surface area (Å²) in [6.07, 6.45) is 0.892. The van der Waals surface area contributed by atoms with Gasteiger partial charge in [0.15, 0.2) is 0 Å². The number of carboxylic acid groups (broad SMARTS) is 1. The fourth-order valence-electron chi connectivity index (χ4n) is 2.16. The summed E-state index contributed by atoms with van der Waals surface area (Å²) in [5.74, 6) is 0.156. The third kappa shape index (κ3) is 2.93. The van der Waals surface area contributed by atoms with Crippen molar-refractivity contribution in [2.45, 2.75) is 33.1 Å². The van der Waals surface area contributed by atoms with Crippen molar-refractivity contribution in [3.8, 4) is 5.75 Å². The molecule has 2 aromatic carbocycles. The molecule has 2 rings (SSSR count). The lowest BCUT2D eigenvalue weighted by molar-refractivity contribution is 0.0696. The molecule has 0 aliphatic carbocycles. The molecule has 0 heterocycles. The second kappa shape index (κ2) is 5.95. The molecule has 3 nitrogen and oxygen atoms in total. The number of hydrogen-bond acceptors (Lipinski definition) is 2. The van der Waals surface area contributed by atoms with Crippen LogP contribution in [0.5, 0.6) is 5.75 Å². The molecule has 106 valence electrons. The standard InChI is InChI=1S/C17H20O3/c1-4-7-20-16-10-14(17(18)19)8-13-6-5-12(11(2)3)9-15(13)16/h5-6,8-11H,4,7H2,1-3H3,(H,18,19). The van der Waals surface area contributed by atoms with Gasteiger partial charge in [-0.15, -0.1) is 0 Å². The first-order valence-electron chi connectivity index (χ1n) is 6.96. The van der Waals surface area contributed by atoms with E-state index >= 15 is 0 Å². The zero-order valence-electron chi connectivity index (χ0n) is 12.1. The van der Waals surface area contributed by atoms with Gasteiger partial charge in [0, 0.05) is 5.39 Å². The van der Waals surface area contributed by atoms with Crippen LogP contribution < -0.4 is 4.74 Å². The first kappa shape index (κ1) is 14.4. The summed E-state index contributed by atoms with van der Waals surface area (Å²) in [5.41, 5.74) is 1.49. The number of fused-ring (bicyclic) bond motifs is 1. The molecule has 0 fully saturated rings. The lowest BCUT2D eigenvalue weighted by Crippen LogP contribution is -2.01. The van der Waals surface area contributed by atoms with Crippen molar-refractivity contribution in [3.63, 3.8) is 0 Å². The van der Waals surface area contributed by atoms with Crippen LogP contribution in [-0.2, 0) is 0 Å². The summed E-state index contributed by atoms with van der Waals surface area (Å²) in [5, 5.41) is 11.1. The van der Waals surface area contributed by atoms with Gasteiger partial charge < -0.3 is 9.84 Å². The van der Waals surface area contributed by atoms with Crippen molar-refractivity contribution in [1.29, 1.82) is 0 Å². The number of aromatic carboxylic acids is 1. The molecule has 0 amide bonds. The summed E-state index contributed by atoms with van der Waals surface area (Å²) < 4.78 is 5.73. The van der Waals surface area contributed by atoms with E-state index in [2.05, 4.69) is 19.9 Å². The number of ether oxygens (including phenoxy) is 1. The Hall–Kier alpha value is -2.03. The summed E-state index contributed by atoms with van der Waals surface area (Å²) in [6, 6.07) is 9.42. The molecule has 0 radical (unpaired) electrons. The van der Waals surface area contributed by atoms with Crippen molar-refractivity contribution in [1.82, 2.24) is 0 Å². The average Bonchev–Trinajstić information content (AvgIpc) is 2.43. The summed E-state index contributed by atoms with van der Waals surface area (Å²) in [4.78, 5) is 11.2. The van der Waals surface area contributed by atoms with Crippen molar-refractivity contribution < 1.29 is 14.6 Å². The second-order valence-corrected chi connectivity index (χ2v) is 5.26. The van der Waals surface area contributed by atoms with Gasteiger partial charge >= 0.3 is 5.97 Å². The SMILES string of the molecule is CCCOc1cc(C(=O)O)cc2ccc(C(C)C)cc12. The smallest absolute Gasteiger partial charge is 0.335 e. The van der Waals surface area contributed by atoms with E-state index in [9.17, 15) is 9.90 Å². The number of benzene rings is 2. The molecule has 3 heteroatoms. The van der Waals surface area contributed by atoms with E-state index in [4.69, 9.17) is 4.74 Å². The van der Waals surface area contributed by atoms with E-state index < -0.39 is 5.97 Å². The maximum absolute atomic E-state index is 11.2. The van der Waals surface area contributed by atoms with E-state index in [-0.39, 0.29) is 5.56 Å². The topological polar surface area (TPSA) is 46.5 Å². The van der Waals surface area contributed by atoms with Crippen LogP contribution in [0.25, 0.3) is 10.8 Å². The van der Waals surface area contributed by atoms with Gasteiger partial charge in [0.1, 0.15) is 5.75 Å². The minimum absolute atomic E-state index is 0.265. The van der Waals surface area contributed by atoms with Crippen LogP contribution in [0.2, 0.25) is 0 Å². The van der Waals surface area contributed by atoms with Crippen molar-refractivity contribution >= 4 is 16.7 Å². The predicted octanol–water partition coefficient (Wildman–Crippen LogP) is 4.45. The van der Waals surface area contributed by atoms with E-state index in [0.717, 1.165) is 17.2 Å². The Morgan fingerprint density at radius 2 is 2.00 bits per heavy atom. The van der Waals surface area contributed by atoms with Gasteiger partial charge in [-0.3, -0.25) is 0 Å². The van der Waals surface area contributed by atoms with Crippen molar-refractivity contribution in [3.05, 3.63) is 41.5 Å². The van der Waals surface area contributed by atoms with E-state index in [1.807, 2.05) is 19.1 Å². The number of hydrogen-bond donors (Lipinski definition) is 1. The van der Waals surface area contributed by atoms with Crippen LogP contribution in [-0.4, -0.2) is 17.7 Å². The Kier molecular flexibility index (Phi) is 4.28. The van der Waals surface area contributed by atoms with Crippen LogP contribution in [0.3, 0.4) is 0 Å². The maximum atomic E-state index is 11.2. The van der Waals surface area contributed by atoms with E-state index in [0.29, 0.717) is 18.3 Å². The largest absolute Gasteiger partial charge is 0.493 e. The van der Waals surface area contributed by atoms with Gasteiger partial charge in [-0.2, -0.15) is 0 Å². The molecule has 0 atom stereocenters. The van der Waals surface area contributed by atoms with E-state index in [1.54, 1.807) is 12.1 Å². The minimum Gasteiger partial charge on any atom is -0.493 e. The molecule has 0 aromatic heterocycles. The molecule has 0 bridgehead atoms.